The van der Waals surface area contributed by atoms with Crippen LogP contribution in [0.1, 0.15) is 30.2 Å². The molecule has 3 aromatic rings. The molecule has 4 rings (SSSR count). The Kier molecular flexibility index (Phi) is 9.15. The fourth-order valence-corrected chi connectivity index (χ4v) is 5.46. The number of aryl methyl sites for hydroxylation is 1. The van der Waals surface area contributed by atoms with Crippen LogP contribution in [0.25, 0.3) is 11.0 Å². The van der Waals surface area contributed by atoms with E-state index in [9.17, 15) is 0 Å². The van der Waals surface area contributed by atoms with E-state index in [0.717, 1.165) is 37.5 Å². The second kappa shape index (κ2) is 11.8. The van der Waals surface area contributed by atoms with E-state index in [0.29, 0.717) is 12.0 Å². The summed E-state index contributed by atoms with van der Waals surface area (Å²) in [6.07, 6.45) is 5.47. The topological polar surface area (TPSA) is 57.5 Å². The number of piperidine rings is 1. The van der Waals surface area contributed by atoms with E-state index in [-0.39, 0.29) is 24.0 Å². The molecule has 2 N–H and O–H groups in total. The highest BCUT2D eigenvalue weighted by molar-refractivity contribution is 14.0. The minimum Gasteiger partial charge on any atom is -0.356 e. The van der Waals surface area contributed by atoms with E-state index < -0.39 is 0 Å². The first-order valence-corrected chi connectivity index (χ1v) is 11.7. The summed E-state index contributed by atoms with van der Waals surface area (Å²) < 4.78 is 2.22. The Labute approximate surface area is 206 Å². The average Bonchev–Trinajstić information content (AvgIpc) is 3.43. The second-order valence-electron chi connectivity index (χ2n) is 8.00. The number of aliphatic imine (C=N–C) groups is 1. The molecule has 1 aliphatic rings. The van der Waals surface area contributed by atoms with Crippen LogP contribution in [-0.4, -0.2) is 54.1 Å². The number of benzene rings is 1. The first kappa shape index (κ1) is 24.0. The number of para-hydroxylation sites is 2. The minimum atomic E-state index is 0. The van der Waals surface area contributed by atoms with Gasteiger partial charge in [-0.05, 0) is 62.4 Å². The van der Waals surface area contributed by atoms with E-state index in [4.69, 9.17) is 0 Å². The van der Waals surface area contributed by atoms with Crippen molar-refractivity contribution < 1.29 is 0 Å². The predicted molar refractivity (Wildman–Crippen MR) is 142 cm³/mol. The standard InChI is InChI=1S/C23H32N6S.HI/c1-24-23(25-12-7-14-29-17-27-19-9-3-4-10-20(19)29)26-16-18-8-5-13-28(2)22(18)21-11-6-15-30-21;/h3-4,6,9-11,15,17-18,22H,5,7-8,12-14,16H2,1-2H3,(H2,24,25,26);1H. The van der Waals surface area contributed by atoms with Crippen molar-refractivity contribution in [1.82, 2.24) is 25.1 Å². The van der Waals surface area contributed by atoms with Crippen LogP contribution in [0.4, 0.5) is 0 Å². The van der Waals surface area contributed by atoms with Gasteiger partial charge in [-0.15, -0.1) is 35.3 Å². The zero-order valence-corrected chi connectivity index (χ0v) is 21.5. The Morgan fingerprint density at radius 3 is 2.90 bits per heavy atom. The van der Waals surface area contributed by atoms with Gasteiger partial charge in [0, 0.05) is 37.6 Å². The molecule has 2 aromatic heterocycles. The van der Waals surface area contributed by atoms with Crippen molar-refractivity contribution in [3.05, 3.63) is 53.0 Å². The van der Waals surface area contributed by atoms with E-state index in [2.05, 4.69) is 72.8 Å². The molecule has 2 unspecified atom stereocenters. The largest absolute Gasteiger partial charge is 0.356 e. The fraction of sp³-hybridized carbons (Fsp3) is 0.478. The summed E-state index contributed by atoms with van der Waals surface area (Å²) in [5.74, 6) is 1.49. The number of fused-ring (bicyclic) bond motifs is 1. The first-order valence-electron chi connectivity index (χ1n) is 10.8. The van der Waals surface area contributed by atoms with Crippen LogP contribution in [0.5, 0.6) is 0 Å². The van der Waals surface area contributed by atoms with Crippen molar-refractivity contribution >= 4 is 52.3 Å². The van der Waals surface area contributed by atoms with E-state index in [1.165, 1.54) is 29.8 Å². The molecular formula is C23H33IN6S. The van der Waals surface area contributed by atoms with Crippen molar-refractivity contribution in [1.29, 1.82) is 0 Å². The van der Waals surface area contributed by atoms with Gasteiger partial charge in [0.15, 0.2) is 5.96 Å². The molecule has 3 heterocycles. The van der Waals surface area contributed by atoms with Crippen LogP contribution in [0.2, 0.25) is 0 Å². The maximum absolute atomic E-state index is 4.47. The van der Waals surface area contributed by atoms with Gasteiger partial charge in [0.05, 0.1) is 17.4 Å². The zero-order valence-electron chi connectivity index (χ0n) is 18.3. The molecule has 31 heavy (non-hydrogen) atoms. The van der Waals surface area contributed by atoms with Gasteiger partial charge in [0.2, 0.25) is 0 Å². The molecule has 0 spiro atoms. The molecule has 168 valence electrons. The number of guanidine groups is 1. The molecule has 0 saturated carbocycles. The average molecular weight is 553 g/mol. The summed E-state index contributed by atoms with van der Waals surface area (Å²) in [5, 5.41) is 9.23. The Balaban J connectivity index is 0.00000272. The van der Waals surface area contributed by atoms with Crippen LogP contribution in [0.3, 0.4) is 0 Å². The Morgan fingerprint density at radius 2 is 2.10 bits per heavy atom. The van der Waals surface area contributed by atoms with Crippen LogP contribution >= 0.6 is 35.3 Å². The van der Waals surface area contributed by atoms with Crippen molar-refractivity contribution in [3.8, 4) is 0 Å². The molecule has 0 aliphatic carbocycles. The Hall–Kier alpha value is -1.65. The summed E-state index contributed by atoms with van der Waals surface area (Å²) in [4.78, 5) is 12.9. The number of hydrogen-bond donors (Lipinski definition) is 2. The van der Waals surface area contributed by atoms with Gasteiger partial charge in [0.1, 0.15) is 0 Å². The number of nitrogens with zero attached hydrogens (tertiary/aromatic N) is 4. The Bertz CT molecular complexity index is 954. The molecule has 1 aliphatic heterocycles. The van der Waals surface area contributed by atoms with Gasteiger partial charge in [-0.3, -0.25) is 9.89 Å². The number of thiophene rings is 1. The third-order valence-electron chi connectivity index (χ3n) is 5.99. The van der Waals surface area contributed by atoms with Gasteiger partial charge in [-0.25, -0.2) is 4.98 Å². The molecular weight excluding hydrogens is 519 g/mol. The van der Waals surface area contributed by atoms with Crippen molar-refractivity contribution in [2.75, 3.05) is 33.7 Å². The normalized spacial score (nSPS) is 19.9. The van der Waals surface area contributed by atoms with Crippen LogP contribution in [0.15, 0.2) is 53.1 Å². The summed E-state index contributed by atoms with van der Waals surface area (Å²) in [7, 11) is 4.10. The lowest BCUT2D eigenvalue weighted by Gasteiger charge is -2.39. The van der Waals surface area contributed by atoms with Gasteiger partial charge >= 0.3 is 0 Å². The number of likely N-dealkylation sites (tertiary alicyclic amines) is 1. The van der Waals surface area contributed by atoms with Crippen molar-refractivity contribution in [2.45, 2.75) is 31.8 Å². The number of halogens is 1. The lowest BCUT2D eigenvalue weighted by molar-refractivity contribution is 0.125. The van der Waals surface area contributed by atoms with E-state index in [1.54, 1.807) is 0 Å². The molecule has 0 bridgehead atoms. The Morgan fingerprint density at radius 1 is 1.23 bits per heavy atom. The quantitative estimate of drug-likeness (QED) is 0.198. The monoisotopic (exact) mass is 552 g/mol. The third-order valence-corrected chi connectivity index (χ3v) is 6.94. The summed E-state index contributed by atoms with van der Waals surface area (Å²) in [6.45, 7) is 3.94. The first-order chi connectivity index (χ1) is 14.8. The maximum atomic E-state index is 4.47. The summed E-state index contributed by atoms with van der Waals surface area (Å²) in [5.41, 5.74) is 2.25. The number of aromatic nitrogens is 2. The molecule has 6 nitrogen and oxygen atoms in total. The van der Waals surface area contributed by atoms with E-state index in [1.807, 2.05) is 30.8 Å². The second-order valence-corrected chi connectivity index (χ2v) is 8.98. The van der Waals surface area contributed by atoms with Crippen molar-refractivity contribution in [2.24, 2.45) is 10.9 Å². The molecule has 1 saturated heterocycles. The number of hydrogen-bond acceptors (Lipinski definition) is 4. The molecule has 1 fully saturated rings. The smallest absolute Gasteiger partial charge is 0.190 e. The molecule has 8 heteroatoms. The lowest BCUT2D eigenvalue weighted by atomic mass is 9.88. The van der Waals surface area contributed by atoms with Gasteiger partial charge in [0.25, 0.3) is 0 Å². The van der Waals surface area contributed by atoms with Crippen molar-refractivity contribution in [3.63, 3.8) is 0 Å². The minimum absolute atomic E-state index is 0. The molecule has 0 amide bonds. The predicted octanol–water partition coefficient (Wildman–Crippen LogP) is 4.35. The third kappa shape index (κ3) is 5.98. The number of rotatable bonds is 7. The molecule has 1 aromatic carbocycles. The number of imidazole rings is 1. The highest BCUT2D eigenvalue weighted by Crippen LogP contribution is 2.36. The summed E-state index contributed by atoms with van der Waals surface area (Å²) >= 11 is 1.87. The van der Waals surface area contributed by atoms with Gasteiger partial charge in [-0.1, -0.05) is 18.2 Å². The highest BCUT2D eigenvalue weighted by Gasteiger charge is 2.31. The number of nitrogens with one attached hydrogen (secondary N) is 2. The van der Waals surface area contributed by atoms with Gasteiger partial charge in [-0.2, -0.15) is 0 Å². The molecule has 2 atom stereocenters. The maximum Gasteiger partial charge on any atom is 0.190 e. The van der Waals surface area contributed by atoms with Gasteiger partial charge < -0.3 is 15.2 Å². The lowest BCUT2D eigenvalue weighted by Crippen LogP contribution is -2.45. The van der Waals surface area contributed by atoms with Crippen LogP contribution in [0, 0.1) is 5.92 Å². The van der Waals surface area contributed by atoms with E-state index >= 15 is 0 Å². The highest BCUT2D eigenvalue weighted by atomic mass is 127. The zero-order chi connectivity index (χ0) is 20.8. The van der Waals surface area contributed by atoms with Crippen LogP contribution in [-0.2, 0) is 6.54 Å². The SMILES string of the molecule is CN=C(NCCCn1cnc2ccccc21)NCC1CCCN(C)C1c1cccs1.I. The van der Waals surface area contributed by atoms with Crippen LogP contribution < -0.4 is 10.6 Å². The summed E-state index contributed by atoms with van der Waals surface area (Å²) in [6, 6.07) is 13.2. The fourth-order valence-electron chi connectivity index (χ4n) is 4.48. The molecule has 0 radical (unpaired) electrons.